The van der Waals surface area contributed by atoms with Crippen molar-refractivity contribution in [2.24, 2.45) is 0 Å². The predicted molar refractivity (Wildman–Crippen MR) is 48.6 cm³/mol. The highest BCUT2D eigenvalue weighted by Gasteiger charge is 2.12. The zero-order chi connectivity index (χ0) is 11.4. The zero-order valence-electron chi connectivity index (χ0n) is 7.64. The van der Waals surface area contributed by atoms with Crippen LogP contribution in [0.2, 0.25) is 0 Å². The van der Waals surface area contributed by atoms with Crippen LogP contribution in [0.25, 0.3) is 0 Å². The van der Waals surface area contributed by atoms with Gasteiger partial charge >= 0.3 is 5.97 Å². The second-order valence-corrected chi connectivity index (χ2v) is 2.91. The van der Waals surface area contributed by atoms with Crippen molar-refractivity contribution in [3.05, 3.63) is 35.0 Å². The van der Waals surface area contributed by atoms with Crippen LogP contribution in [0.4, 0.5) is 5.69 Å². The Bertz CT molecular complexity index is 371. The minimum atomic E-state index is -1.49. The molecule has 0 radical (unpaired) electrons. The summed E-state index contributed by atoms with van der Waals surface area (Å²) < 4.78 is 0. The molecular formula is C9H9NO5. The molecule has 0 saturated heterocycles. The smallest absolute Gasteiger partial charge is 0.372 e. The molecule has 6 nitrogen and oxygen atoms in total. The first-order valence-electron chi connectivity index (χ1n) is 4.09. The van der Waals surface area contributed by atoms with Crippen molar-refractivity contribution < 1.29 is 25.1 Å². The van der Waals surface area contributed by atoms with Gasteiger partial charge in [0.15, 0.2) is 5.69 Å². The molecule has 0 amide bonds. The molecule has 0 heterocycles. The number of ketones is 1. The van der Waals surface area contributed by atoms with Crippen LogP contribution >= 0.6 is 0 Å². The van der Waals surface area contributed by atoms with Gasteiger partial charge in [-0.15, -0.1) is 0 Å². The van der Waals surface area contributed by atoms with Crippen LogP contribution in [0.5, 0.6) is 0 Å². The molecule has 3 N–H and O–H groups in total. The fraction of sp³-hybridized carbons (Fsp3) is 0.111. The van der Waals surface area contributed by atoms with E-state index in [2.05, 4.69) is 0 Å². The zero-order valence-corrected chi connectivity index (χ0v) is 7.64. The van der Waals surface area contributed by atoms with Gasteiger partial charge in [0, 0.05) is 18.6 Å². The molecule has 0 bridgehead atoms. The van der Waals surface area contributed by atoms with E-state index in [0.29, 0.717) is 5.56 Å². The standard InChI is InChI=1S/C9H9NO5/c11-8(9(12)13)5-6-1-3-7(4-2-6)10(14)15/h1-4,10,14H,5H2,(H,12,13). The summed E-state index contributed by atoms with van der Waals surface area (Å²) >= 11 is 0. The Morgan fingerprint density at radius 3 is 2.20 bits per heavy atom. The van der Waals surface area contributed by atoms with Gasteiger partial charge in [0.1, 0.15) is 0 Å². The van der Waals surface area contributed by atoms with Crippen LogP contribution in [0.1, 0.15) is 5.56 Å². The Balaban J connectivity index is 2.73. The lowest BCUT2D eigenvalue weighted by atomic mass is 10.1. The summed E-state index contributed by atoms with van der Waals surface area (Å²) in [7, 11) is 0. The maximum Gasteiger partial charge on any atom is 0.372 e. The molecule has 1 aromatic rings. The molecule has 0 aromatic heterocycles. The highest BCUT2D eigenvalue weighted by molar-refractivity contribution is 6.33. The van der Waals surface area contributed by atoms with E-state index in [0.717, 1.165) is 0 Å². The molecule has 1 aromatic carbocycles. The van der Waals surface area contributed by atoms with Gasteiger partial charge in [-0.05, 0) is 5.56 Å². The first-order chi connectivity index (χ1) is 7.00. The van der Waals surface area contributed by atoms with Crippen molar-refractivity contribution in [2.75, 3.05) is 0 Å². The molecule has 1 atom stereocenters. The van der Waals surface area contributed by atoms with Gasteiger partial charge in [0.05, 0.1) is 0 Å². The van der Waals surface area contributed by atoms with E-state index in [1.807, 2.05) is 0 Å². The third-order valence-corrected chi connectivity index (χ3v) is 1.80. The first-order valence-corrected chi connectivity index (χ1v) is 4.09. The topological polar surface area (TPSA) is 102 Å². The predicted octanol–water partition coefficient (Wildman–Crippen LogP) is -0.714. The number of benzene rings is 1. The number of carbonyl (C=O) groups is 2. The van der Waals surface area contributed by atoms with E-state index in [4.69, 9.17) is 10.3 Å². The van der Waals surface area contributed by atoms with Crippen LogP contribution < -0.4 is 5.23 Å². The summed E-state index contributed by atoms with van der Waals surface area (Å²) in [6.45, 7) is 0. The highest BCUT2D eigenvalue weighted by atomic mass is 16.8. The second-order valence-electron chi connectivity index (χ2n) is 2.91. The maximum atomic E-state index is 10.8. The van der Waals surface area contributed by atoms with Crippen molar-refractivity contribution in [1.29, 1.82) is 0 Å². The Morgan fingerprint density at radius 1 is 1.27 bits per heavy atom. The van der Waals surface area contributed by atoms with Crippen LogP contribution in [-0.2, 0) is 16.0 Å². The van der Waals surface area contributed by atoms with E-state index in [-0.39, 0.29) is 12.1 Å². The van der Waals surface area contributed by atoms with Crippen LogP contribution in [0, 0.1) is 5.21 Å². The SMILES string of the molecule is O=C(O)C(=O)Cc1ccc([NH+]([O-])O)cc1. The molecule has 80 valence electrons. The average molecular weight is 211 g/mol. The third kappa shape index (κ3) is 3.13. The highest BCUT2D eigenvalue weighted by Crippen LogP contribution is 2.06. The van der Waals surface area contributed by atoms with E-state index < -0.39 is 17.0 Å². The Hall–Kier alpha value is -1.76. The van der Waals surface area contributed by atoms with Gasteiger partial charge < -0.3 is 10.3 Å². The number of hydrogen-bond donors (Lipinski definition) is 3. The molecule has 0 aliphatic rings. The van der Waals surface area contributed by atoms with Crippen LogP contribution in [0.15, 0.2) is 24.3 Å². The van der Waals surface area contributed by atoms with Crippen molar-refractivity contribution in [3.63, 3.8) is 0 Å². The van der Waals surface area contributed by atoms with E-state index in [1.54, 1.807) is 0 Å². The summed E-state index contributed by atoms with van der Waals surface area (Å²) in [5, 5.41) is 26.3. The second kappa shape index (κ2) is 4.65. The summed E-state index contributed by atoms with van der Waals surface area (Å²) in [4.78, 5) is 21.1. The summed E-state index contributed by atoms with van der Waals surface area (Å²) in [5.41, 5.74) is 0.578. The number of quaternary nitrogens is 1. The lowest BCUT2D eigenvalue weighted by Crippen LogP contribution is -2.99. The van der Waals surface area contributed by atoms with Crippen molar-refractivity contribution in [1.82, 2.24) is 0 Å². The summed E-state index contributed by atoms with van der Waals surface area (Å²) in [6.07, 6.45) is -0.227. The molecule has 0 spiro atoms. The molecule has 1 unspecified atom stereocenters. The van der Waals surface area contributed by atoms with Crippen molar-refractivity contribution in [2.45, 2.75) is 6.42 Å². The van der Waals surface area contributed by atoms with Crippen molar-refractivity contribution >= 4 is 17.4 Å². The minimum Gasteiger partial charge on any atom is -0.595 e. The molecule has 0 saturated carbocycles. The van der Waals surface area contributed by atoms with E-state index in [1.165, 1.54) is 24.3 Å². The van der Waals surface area contributed by atoms with Gasteiger partial charge in [0.2, 0.25) is 5.78 Å². The fourth-order valence-electron chi connectivity index (χ4n) is 1.03. The Labute approximate surface area is 84.9 Å². The molecule has 1 rings (SSSR count). The Morgan fingerprint density at radius 2 is 1.80 bits per heavy atom. The van der Waals surface area contributed by atoms with Gasteiger partial charge in [-0.1, -0.05) is 12.1 Å². The first kappa shape index (κ1) is 11.3. The van der Waals surface area contributed by atoms with Gasteiger partial charge in [-0.25, -0.2) is 10.0 Å². The quantitative estimate of drug-likeness (QED) is 0.451. The van der Waals surface area contributed by atoms with Crippen molar-refractivity contribution in [3.8, 4) is 0 Å². The molecule has 15 heavy (non-hydrogen) atoms. The third-order valence-electron chi connectivity index (χ3n) is 1.80. The summed E-state index contributed by atoms with van der Waals surface area (Å²) in [6, 6.07) is 5.49. The van der Waals surface area contributed by atoms with Crippen LogP contribution in [0.3, 0.4) is 0 Å². The lowest BCUT2D eigenvalue weighted by Gasteiger charge is -2.11. The lowest BCUT2D eigenvalue weighted by molar-refractivity contribution is -0.991. The number of carbonyl (C=O) groups excluding carboxylic acids is 1. The van der Waals surface area contributed by atoms with Gasteiger partial charge in [-0.3, -0.25) is 4.79 Å². The Kier molecular flexibility index (Phi) is 3.51. The number of aliphatic carboxylic acids is 1. The number of hydrogen-bond acceptors (Lipinski definition) is 4. The molecule has 6 heteroatoms. The fourth-order valence-corrected chi connectivity index (χ4v) is 1.03. The average Bonchev–Trinajstić information content (AvgIpc) is 2.18. The van der Waals surface area contributed by atoms with Crippen LogP contribution in [-0.4, -0.2) is 22.1 Å². The van der Waals surface area contributed by atoms with E-state index >= 15 is 0 Å². The minimum absolute atomic E-state index is 0.0986. The number of rotatable bonds is 4. The molecular weight excluding hydrogens is 202 g/mol. The molecule has 0 aliphatic heterocycles. The maximum absolute atomic E-state index is 10.8. The monoisotopic (exact) mass is 211 g/mol. The largest absolute Gasteiger partial charge is 0.595 e. The normalized spacial score (nSPS) is 12.1. The number of Topliss-reactive ketones (excluding diaryl/α,β-unsaturated/α-hetero) is 1. The van der Waals surface area contributed by atoms with E-state index in [9.17, 15) is 14.8 Å². The molecule has 0 fully saturated rings. The number of carboxylic acid groups (broad SMARTS) is 1. The van der Waals surface area contributed by atoms with Gasteiger partial charge in [-0.2, -0.15) is 5.23 Å². The van der Waals surface area contributed by atoms with Gasteiger partial charge in [0.25, 0.3) is 0 Å². The number of carboxylic acids is 1. The summed E-state index contributed by atoms with van der Waals surface area (Å²) in [5.74, 6) is -2.41. The number of nitrogens with one attached hydrogen (secondary N) is 1. The molecule has 0 aliphatic carbocycles.